The molecule has 0 aromatic heterocycles. The molecule has 0 fully saturated rings. The van der Waals surface area contributed by atoms with Crippen LogP contribution >= 0.6 is 34.8 Å². The molecule has 3 aromatic carbocycles. The van der Waals surface area contributed by atoms with Crippen LogP contribution < -0.4 is 9.62 Å². The zero-order chi connectivity index (χ0) is 31.2. The van der Waals surface area contributed by atoms with Crippen LogP contribution in [-0.2, 0) is 26.2 Å². The molecule has 3 aromatic rings. The van der Waals surface area contributed by atoms with Gasteiger partial charge in [-0.05, 0) is 85.8 Å². The highest BCUT2D eigenvalue weighted by Crippen LogP contribution is 2.30. The summed E-state index contributed by atoms with van der Waals surface area (Å²) in [7, 11) is -4.22. The van der Waals surface area contributed by atoms with Crippen LogP contribution in [0.3, 0.4) is 0 Å². The SMILES string of the molecule is CC[C@H](C(=O)NCC(C)C)N(Cc1c(Cl)cccc1Cl)C(=O)CN(c1ccc(C)c(C)c1)S(=O)(=O)c1ccc(Cl)cc1. The normalized spacial score (nSPS) is 12.2. The molecule has 2 amide bonds. The highest BCUT2D eigenvalue weighted by molar-refractivity contribution is 7.92. The second-order valence-corrected chi connectivity index (χ2v) is 13.6. The third-order valence-electron chi connectivity index (χ3n) is 6.92. The predicted molar refractivity (Wildman–Crippen MR) is 171 cm³/mol. The number of rotatable bonds is 12. The Labute approximate surface area is 263 Å². The van der Waals surface area contributed by atoms with Gasteiger partial charge in [-0.2, -0.15) is 0 Å². The molecule has 0 saturated heterocycles. The second-order valence-electron chi connectivity index (χ2n) is 10.5. The van der Waals surface area contributed by atoms with Crippen molar-refractivity contribution in [2.24, 2.45) is 5.92 Å². The van der Waals surface area contributed by atoms with Gasteiger partial charge in [-0.3, -0.25) is 13.9 Å². The Morgan fingerprint density at radius 2 is 1.52 bits per heavy atom. The molecule has 226 valence electrons. The summed E-state index contributed by atoms with van der Waals surface area (Å²) in [5, 5.41) is 3.94. The van der Waals surface area contributed by atoms with Crippen molar-refractivity contribution in [2.75, 3.05) is 17.4 Å². The van der Waals surface area contributed by atoms with Crippen molar-refractivity contribution in [3.8, 4) is 0 Å². The van der Waals surface area contributed by atoms with Gasteiger partial charge in [0.05, 0.1) is 10.6 Å². The van der Waals surface area contributed by atoms with Crippen molar-refractivity contribution in [3.05, 3.63) is 92.4 Å². The zero-order valence-electron chi connectivity index (χ0n) is 24.3. The highest BCUT2D eigenvalue weighted by Gasteiger charge is 2.34. The third-order valence-corrected chi connectivity index (χ3v) is 9.67. The van der Waals surface area contributed by atoms with E-state index in [9.17, 15) is 18.0 Å². The summed E-state index contributed by atoms with van der Waals surface area (Å²) in [6, 6.07) is 15.0. The van der Waals surface area contributed by atoms with Crippen LogP contribution in [0.15, 0.2) is 65.6 Å². The van der Waals surface area contributed by atoms with Crippen LogP contribution in [0.25, 0.3) is 0 Å². The number of carbonyl (C=O) groups is 2. The summed E-state index contributed by atoms with van der Waals surface area (Å²) >= 11 is 19.0. The summed E-state index contributed by atoms with van der Waals surface area (Å²) in [5.74, 6) is -0.743. The van der Waals surface area contributed by atoms with Crippen LogP contribution in [0.5, 0.6) is 0 Å². The molecule has 0 heterocycles. The van der Waals surface area contributed by atoms with E-state index in [1.54, 1.807) is 43.3 Å². The molecule has 0 unspecified atom stereocenters. The van der Waals surface area contributed by atoms with E-state index in [4.69, 9.17) is 34.8 Å². The summed E-state index contributed by atoms with van der Waals surface area (Å²) in [6.45, 7) is 9.28. The minimum Gasteiger partial charge on any atom is -0.354 e. The largest absolute Gasteiger partial charge is 0.354 e. The van der Waals surface area contributed by atoms with Crippen molar-refractivity contribution in [1.82, 2.24) is 10.2 Å². The number of benzene rings is 3. The third kappa shape index (κ3) is 8.19. The smallest absolute Gasteiger partial charge is 0.264 e. The Kier molecular flexibility index (Phi) is 11.7. The van der Waals surface area contributed by atoms with Crippen LogP contribution in [0.4, 0.5) is 5.69 Å². The van der Waals surface area contributed by atoms with Gasteiger partial charge in [-0.15, -0.1) is 0 Å². The molecule has 0 saturated carbocycles. The second kappa shape index (κ2) is 14.6. The first-order chi connectivity index (χ1) is 19.8. The first-order valence-corrected chi connectivity index (χ1v) is 16.2. The lowest BCUT2D eigenvalue weighted by molar-refractivity contribution is -0.140. The van der Waals surface area contributed by atoms with Crippen molar-refractivity contribution >= 4 is 62.3 Å². The molecule has 0 radical (unpaired) electrons. The van der Waals surface area contributed by atoms with Gasteiger partial charge in [-0.25, -0.2) is 8.42 Å². The first kappa shape index (κ1) is 33.7. The van der Waals surface area contributed by atoms with Gasteiger partial charge in [0.25, 0.3) is 10.0 Å². The zero-order valence-corrected chi connectivity index (χ0v) is 27.4. The molecule has 0 aliphatic rings. The van der Waals surface area contributed by atoms with Gasteiger partial charge in [0.15, 0.2) is 0 Å². The van der Waals surface area contributed by atoms with E-state index in [2.05, 4.69) is 5.32 Å². The van der Waals surface area contributed by atoms with Gasteiger partial charge < -0.3 is 10.2 Å². The molecule has 1 N–H and O–H groups in total. The quantitative estimate of drug-likeness (QED) is 0.227. The Morgan fingerprint density at radius 3 is 2.07 bits per heavy atom. The fourth-order valence-electron chi connectivity index (χ4n) is 4.34. The van der Waals surface area contributed by atoms with Gasteiger partial charge in [0.2, 0.25) is 11.8 Å². The van der Waals surface area contributed by atoms with Crippen molar-refractivity contribution in [3.63, 3.8) is 0 Å². The number of halogens is 3. The molecule has 42 heavy (non-hydrogen) atoms. The fraction of sp³-hybridized carbons (Fsp3) is 0.355. The number of nitrogens with zero attached hydrogens (tertiary/aromatic N) is 2. The summed E-state index contributed by atoms with van der Waals surface area (Å²) < 4.78 is 29.1. The van der Waals surface area contributed by atoms with Crippen LogP contribution in [0, 0.1) is 19.8 Å². The van der Waals surface area contributed by atoms with E-state index in [0.717, 1.165) is 15.4 Å². The number of carbonyl (C=O) groups excluding carboxylic acids is 2. The number of hydrogen-bond donors (Lipinski definition) is 1. The minimum absolute atomic E-state index is 0.0275. The van der Waals surface area contributed by atoms with E-state index in [1.807, 2.05) is 27.7 Å². The number of hydrogen-bond acceptors (Lipinski definition) is 4. The first-order valence-electron chi connectivity index (χ1n) is 13.6. The Balaban J connectivity index is 2.11. The molecule has 3 rings (SSSR count). The maximum atomic E-state index is 14.2. The summed E-state index contributed by atoms with van der Waals surface area (Å²) in [4.78, 5) is 28.9. The van der Waals surface area contributed by atoms with Crippen molar-refractivity contribution < 1.29 is 18.0 Å². The molecule has 1 atom stereocenters. The number of anilines is 1. The molecule has 0 spiro atoms. The number of sulfonamides is 1. The predicted octanol–water partition coefficient (Wildman–Crippen LogP) is 7.04. The van der Waals surface area contributed by atoms with E-state index in [1.165, 1.54) is 29.2 Å². The monoisotopic (exact) mass is 651 g/mol. The Morgan fingerprint density at radius 1 is 0.905 bits per heavy atom. The molecule has 0 aliphatic carbocycles. The lowest BCUT2D eigenvalue weighted by atomic mass is 10.1. The van der Waals surface area contributed by atoms with Crippen molar-refractivity contribution in [2.45, 2.75) is 58.5 Å². The van der Waals surface area contributed by atoms with Crippen LogP contribution in [-0.4, -0.2) is 44.3 Å². The van der Waals surface area contributed by atoms with Gasteiger partial charge in [0.1, 0.15) is 12.6 Å². The highest BCUT2D eigenvalue weighted by atomic mass is 35.5. The number of aryl methyl sites for hydroxylation is 2. The van der Waals surface area contributed by atoms with Crippen molar-refractivity contribution in [1.29, 1.82) is 0 Å². The standard InChI is InChI=1S/C31H36Cl3N3O4S/c1-6-29(31(39)35-17-20(2)3)36(18-26-27(33)8-7-9-28(26)34)30(38)19-37(24-13-10-21(4)22(5)16-24)42(40,41)25-14-11-23(32)12-15-25/h7-16,20,29H,6,17-19H2,1-5H3,(H,35,39)/t29-/m1/s1. The molecule has 7 nitrogen and oxygen atoms in total. The van der Waals surface area contributed by atoms with E-state index in [0.29, 0.717) is 32.9 Å². The molecular formula is C31H36Cl3N3O4S. The average Bonchev–Trinajstić information content (AvgIpc) is 2.93. The molecule has 0 aliphatic heterocycles. The van der Waals surface area contributed by atoms with Crippen LogP contribution in [0.1, 0.15) is 43.9 Å². The van der Waals surface area contributed by atoms with E-state index < -0.39 is 28.5 Å². The van der Waals surface area contributed by atoms with Crippen LogP contribution in [0.2, 0.25) is 15.1 Å². The maximum absolute atomic E-state index is 14.2. The van der Waals surface area contributed by atoms with Gasteiger partial charge >= 0.3 is 0 Å². The Hall–Kier alpha value is -2.78. The summed E-state index contributed by atoms with van der Waals surface area (Å²) in [6.07, 6.45) is 0.283. The molecular weight excluding hydrogens is 617 g/mol. The maximum Gasteiger partial charge on any atom is 0.264 e. The van der Waals surface area contributed by atoms with Gasteiger partial charge in [-0.1, -0.05) is 67.7 Å². The topological polar surface area (TPSA) is 86.8 Å². The summed E-state index contributed by atoms with van der Waals surface area (Å²) in [5.41, 5.74) is 2.60. The number of amides is 2. The average molecular weight is 653 g/mol. The van der Waals surface area contributed by atoms with E-state index in [-0.39, 0.29) is 29.7 Å². The fourth-order valence-corrected chi connectivity index (χ4v) is 6.39. The molecule has 0 bridgehead atoms. The lowest BCUT2D eigenvalue weighted by Crippen LogP contribution is -2.52. The lowest BCUT2D eigenvalue weighted by Gasteiger charge is -2.33. The van der Waals surface area contributed by atoms with E-state index >= 15 is 0 Å². The Bertz CT molecular complexity index is 1510. The number of nitrogens with one attached hydrogen (secondary N) is 1. The molecule has 11 heteroatoms. The minimum atomic E-state index is -4.22. The van der Waals surface area contributed by atoms with Gasteiger partial charge in [0, 0.05) is 33.7 Å².